The molecule has 2 aromatic heterocycles. The molecule has 0 aromatic carbocycles. The molecule has 0 spiro atoms. The van der Waals surface area contributed by atoms with Gasteiger partial charge in [-0.1, -0.05) is 0 Å². The van der Waals surface area contributed by atoms with Crippen LogP contribution in [0.5, 0.6) is 0 Å². The largest absolute Gasteiger partial charge is 0.467 e. The van der Waals surface area contributed by atoms with Crippen molar-refractivity contribution in [1.29, 1.82) is 0 Å². The third-order valence-electron chi connectivity index (χ3n) is 1.77. The summed E-state index contributed by atoms with van der Waals surface area (Å²) in [6.45, 7) is 0.396. The van der Waals surface area contributed by atoms with Crippen molar-refractivity contribution in [3.05, 3.63) is 46.9 Å². The van der Waals surface area contributed by atoms with Crippen LogP contribution in [0.3, 0.4) is 0 Å². The molecular weight excluding hydrogens is 200 g/mol. The highest BCUT2D eigenvalue weighted by Crippen LogP contribution is 2.01. The number of aromatic nitrogens is 2. The molecule has 72 valence electrons. The average molecular weight is 208 g/mol. The van der Waals surface area contributed by atoms with E-state index in [9.17, 15) is 4.79 Å². The lowest BCUT2D eigenvalue weighted by Crippen LogP contribution is -2.19. The second-order valence-electron chi connectivity index (χ2n) is 2.79. The first-order valence-corrected chi connectivity index (χ1v) is 4.48. The molecule has 0 aliphatic carbocycles. The molecule has 0 saturated carbocycles. The molecule has 0 aliphatic heterocycles. The number of hydrogen-bond acceptors (Lipinski definition) is 4. The van der Waals surface area contributed by atoms with E-state index >= 15 is 0 Å². The molecule has 0 unspecified atom stereocenters. The highest BCUT2D eigenvalue weighted by molar-refractivity contribution is 7.80. The van der Waals surface area contributed by atoms with E-state index in [1.54, 1.807) is 18.4 Å². The van der Waals surface area contributed by atoms with Gasteiger partial charge in [0.25, 0.3) is 5.56 Å². The molecule has 0 fully saturated rings. The van der Waals surface area contributed by atoms with Gasteiger partial charge in [-0.3, -0.25) is 9.36 Å². The summed E-state index contributed by atoms with van der Waals surface area (Å²) in [6.07, 6.45) is 3.02. The van der Waals surface area contributed by atoms with E-state index in [0.29, 0.717) is 11.6 Å². The minimum absolute atomic E-state index is 0.138. The second kappa shape index (κ2) is 3.71. The lowest BCUT2D eigenvalue weighted by Gasteiger charge is -2.01. The average Bonchev–Trinajstić information content (AvgIpc) is 2.62. The minimum atomic E-state index is -0.138. The number of hydrogen-bond donors (Lipinski definition) is 1. The predicted octanol–water partition coefficient (Wildman–Crippen LogP) is 1.17. The Labute approximate surface area is 85.6 Å². The van der Waals surface area contributed by atoms with E-state index in [1.165, 1.54) is 17.0 Å². The van der Waals surface area contributed by atoms with Crippen molar-refractivity contribution in [1.82, 2.24) is 9.55 Å². The van der Waals surface area contributed by atoms with Gasteiger partial charge in [0.05, 0.1) is 19.1 Å². The SMILES string of the molecule is O=c1cc(S)ncn1Cc1ccco1. The molecule has 0 amide bonds. The number of thiol groups is 1. The van der Waals surface area contributed by atoms with E-state index < -0.39 is 0 Å². The Balaban J connectivity index is 2.30. The second-order valence-corrected chi connectivity index (χ2v) is 3.25. The monoisotopic (exact) mass is 208 g/mol. The molecule has 2 rings (SSSR count). The summed E-state index contributed by atoms with van der Waals surface area (Å²) < 4.78 is 6.57. The van der Waals surface area contributed by atoms with Crippen molar-refractivity contribution in [2.24, 2.45) is 0 Å². The Morgan fingerprint density at radius 2 is 2.43 bits per heavy atom. The highest BCUT2D eigenvalue weighted by atomic mass is 32.1. The van der Waals surface area contributed by atoms with Gasteiger partial charge in [0.2, 0.25) is 0 Å². The van der Waals surface area contributed by atoms with Gasteiger partial charge in [-0.2, -0.15) is 0 Å². The van der Waals surface area contributed by atoms with Crippen LogP contribution in [0.2, 0.25) is 0 Å². The first-order valence-electron chi connectivity index (χ1n) is 4.03. The normalized spacial score (nSPS) is 10.4. The maximum atomic E-state index is 11.4. The number of furan rings is 1. The summed E-state index contributed by atoms with van der Waals surface area (Å²) in [4.78, 5) is 15.3. The summed E-state index contributed by atoms with van der Waals surface area (Å²) in [5, 5.41) is 0.422. The van der Waals surface area contributed by atoms with Crippen LogP contribution in [0.15, 0.2) is 45.0 Å². The lowest BCUT2D eigenvalue weighted by molar-refractivity contribution is 0.487. The first kappa shape index (κ1) is 9.08. The fourth-order valence-electron chi connectivity index (χ4n) is 1.11. The summed E-state index contributed by atoms with van der Waals surface area (Å²) >= 11 is 3.97. The molecule has 0 N–H and O–H groups in total. The quantitative estimate of drug-likeness (QED) is 0.595. The maximum absolute atomic E-state index is 11.4. The van der Waals surface area contributed by atoms with Gasteiger partial charge in [-0.05, 0) is 12.1 Å². The van der Waals surface area contributed by atoms with Crippen LogP contribution in [-0.2, 0) is 6.54 Å². The molecule has 0 radical (unpaired) electrons. The van der Waals surface area contributed by atoms with Crippen LogP contribution in [0.4, 0.5) is 0 Å². The fraction of sp³-hybridized carbons (Fsp3) is 0.111. The molecule has 0 bridgehead atoms. The van der Waals surface area contributed by atoms with E-state index in [1.807, 2.05) is 0 Å². The Morgan fingerprint density at radius 3 is 3.07 bits per heavy atom. The van der Waals surface area contributed by atoms with Crippen LogP contribution in [-0.4, -0.2) is 9.55 Å². The Bertz CT molecular complexity index is 476. The third kappa shape index (κ3) is 1.88. The van der Waals surface area contributed by atoms with Crippen molar-refractivity contribution in [3.8, 4) is 0 Å². The van der Waals surface area contributed by atoms with Gasteiger partial charge < -0.3 is 4.42 Å². The Hall–Kier alpha value is -1.49. The Morgan fingerprint density at radius 1 is 1.57 bits per heavy atom. The molecule has 4 nitrogen and oxygen atoms in total. The van der Waals surface area contributed by atoms with Crippen molar-refractivity contribution >= 4 is 12.6 Å². The molecule has 0 saturated heterocycles. The van der Waals surface area contributed by atoms with Gasteiger partial charge in [-0.15, -0.1) is 12.6 Å². The van der Waals surface area contributed by atoms with Gasteiger partial charge >= 0.3 is 0 Å². The fourth-order valence-corrected chi connectivity index (χ4v) is 1.27. The zero-order valence-electron chi connectivity index (χ0n) is 7.25. The maximum Gasteiger partial charge on any atom is 0.254 e. The summed E-state index contributed by atoms with van der Waals surface area (Å²) in [5.74, 6) is 0.723. The van der Waals surface area contributed by atoms with Gasteiger partial charge in [0.1, 0.15) is 10.8 Å². The summed E-state index contributed by atoms with van der Waals surface area (Å²) in [7, 11) is 0. The minimum Gasteiger partial charge on any atom is -0.467 e. The van der Waals surface area contributed by atoms with E-state index in [4.69, 9.17) is 4.42 Å². The Kier molecular flexibility index (Phi) is 2.41. The van der Waals surface area contributed by atoms with Crippen LogP contribution in [0, 0.1) is 0 Å². The van der Waals surface area contributed by atoms with Crippen molar-refractivity contribution < 1.29 is 4.42 Å². The van der Waals surface area contributed by atoms with E-state index in [2.05, 4.69) is 17.6 Å². The van der Waals surface area contributed by atoms with Crippen LogP contribution >= 0.6 is 12.6 Å². The van der Waals surface area contributed by atoms with Crippen molar-refractivity contribution in [2.75, 3.05) is 0 Å². The smallest absolute Gasteiger partial charge is 0.254 e. The number of rotatable bonds is 2. The topological polar surface area (TPSA) is 48.0 Å². The van der Waals surface area contributed by atoms with Gasteiger partial charge in [0.15, 0.2) is 0 Å². The van der Waals surface area contributed by atoms with E-state index in [-0.39, 0.29) is 5.56 Å². The van der Waals surface area contributed by atoms with Crippen LogP contribution < -0.4 is 5.56 Å². The molecule has 2 aromatic rings. The molecule has 0 aliphatic rings. The van der Waals surface area contributed by atoms with Gasteiger partial charge in [0, 0.05) is 6.07 Å². The molecule has 2 heterocycles. The summed E-state index contributed by atoms with van der Waals surface area (Å²) in [6, 6.07) is 4.95. The predicted molar refractivity (Wildman–Crippen MR) is 53.6 cm³/mol. The molecule has 0 atom stereocenters. The van der Waals surface area contributed by atoms with Crippen LogP contribution in [0.1, 0.15) is 5.76 Å². The highest BCUT2D eigenvalue weighted by Gasteiger charge is 2.00. The van der Waals surface area contributed by atoms with E-state index in [0.717, 1.165) is 5.76 Å². The van der Waals surface area contributed by atoms with Crippen molar-refractivity contribution in [2.45, 2.75) is 11.6 Å². The number of nitrogens with zero attached hydrogens (tertiary/aromatic N) is 2. The molecule has 14 heavy (non-hydrogen) atoms. The lowest BCUT2D eigenvalue weighted by atomic mass is 10.4. The van der Waals surface area contributed by atoms with Crippen LogP contribution in [0.25, 0.3) is 0 Å². The zero-order valence-corrected chi connectivity index (χ0v) is 8.15. The van der Waals surface area contributed by atoms with Gasteiger partial charge in [-0.25, -0.2) is 4.98 Å². The first-order chi connectivity index (χ1) is 6.75. The van der Waals surface area contributed by atoms with Crippen molar-refractivity contribution in [3.63, 3.8) is 0 Å². The third-order valence-corrected chi connectivity index (χ3v) is 2.02. The standard InChI is InChI=1S/C9H8N2O2S/c12-9-4-8(14)10-6-11(9)5-7-2-1-3-13-7/h1-4,6,14H,5H2. The summed E-state index contributed by atoms with van der Waals surface area (Å²) in [5.41, 5.74) is -0.138. The zero-order chi connectivity index (χ0) is 9.97. The molecular formula is C9H8N2O2S. The molecule has 5 heteroatoms.